The molecule has 4 heterocycles. The van der Waals surface area contributed by atoms with Crippen LogP contribution in [0.3, 0.4) is 0 Å². The topological polar surface area (TPSA) is 122 Å². The SMILES string of the molecule is NC(=O)c1cn(-c2nc(Nc3cccc(N4CCN(C(=O)N5CCOCC5)CC4)c3)ncc2F)c2ccccc12. The molecule has 2 fully saturated rings. The van der Waals surface area contributed by atoms with Crippen molar-refractivity contribution >= 4 is 40.2 Å². The normalized spacial score (nSPS) is 15.9. The second kappa shape index (κ2) is 10.8. The molecule has 2 aromatic carbocycles. The van der Waals surface area contributed by atoms with E-state index in [2.05, 4.69) is 20.2 Å². The molecule has 0 bridgehead atoms. The molecule has 0 aliphatic carbocycles. The van der Waals surface area contributed by atoms with Crippen LogP contribution >= 0.6 is 0 Å². The van der Waals surface area contributed by atoms with Crippen molar-refractivity contribution < 1.29 is 18.7 Å². The maximum absolute atomic E-state index is 14.9. The first-order chi connectivity index (χ1) is 19.5. The molecule has 40 heavy (non-hydrogen) atoms. The van der Waals surface area contributed by atoms with E-state index in [1.165, 1.54) is 10.8 Å². The number of hydrogen-bond acceptors (Lipinski definition) is 7. The van der Waals surface area contributed by atoms with Gasteiger partial charge in [0.15, 0.2) is 11.6 Å². The zero-order chi connectivity index (χ0) is 27.6. The molecule has 3 amide bonds. The fourth-order valence-electron chi connectivity index (χ4n) is 5.16. The Balaban J connectivity index is 1.18. The van der Waals surface area contributed by atoms with Gasteiger partial charge in [0.05, 0.1) is 30.5 Å². The highest BCUT2D eigenvalue weighted by Gasteiger charge is 2.26. The number of morpholine rings is 1. The van der Waals surface area contributed by atoms with Gasteiger partial charge in [-0.25, -0.2) is 14.2 Å². The molecule has 12 heteroatoms. The lowest BCUT2D eigenvalue weighted by atomic mass is 10.2. The summed E-state index contributed by atoms with van der Waals surface area (Å²) in [5.74, 6) is -1.04. The Labute approximate surface area is 229 Å². The van der Waals surface area contributed by atoms with Gasteiger partial charge in [0.25, 0.3) is 5.91 Å². The number of nitrogens with zero attached hydrogens (tertiary/aromatic N) is 6. The van der Waals surface area contributed by atoms with E-state index in [0.29, 0.717) is 63.4 Å². The van der Waals surface area contributed by atoms with Gasteiger partial charge in [-0.3, -0.25) is 9.36 Å². The van der Waals surface area contributed by atoms with Gasteiger partial charge < -0.3 is 30.5 Å². The van der Waals surface area contributed by atoms with Crippen molar-refractivity contribution in [2.45, 2.75) is 0 Å². The van der Waals surface area contributed by atoms with Gasteiger partial charge in [-0.1, -0.05) is 24.3 Å². The number of primary amides is 1. The Hall–Kier alpha value is -4.71. The molecular weight excluding hydrogens is 515 g/mol. The third kappa shape index (κ3) is 5.00. The van der Waals surface area contributed by atoms with Crippen molar-refractivity contribution in [3.05, 3.63) is 72.3 Å². The fourth-order valence-corrected chi connectivity index (χ4v) is 5.16. The van der Waals surface area contributed by atoms with Crippen LogP contribution in [-0.4, -0.2) is 88.8 Å². The van der Waals surface area contributed by atoms with Crippen LogP contribution in [0.2, 0.25) is 0 Å². The molecule has 0 spiro atoms. The maximum atomic E-state index is 14.9. The number of piperazine rings is 1. The molecule has 4 aromatic rings. The summed E-state index contributed by atoms with van der Waals surface area (Å²) in [5.41, 5.74) is 8.16. The largest absolute Gasteiger partial charge is 0.378 e. The fraction of sp³-hybridized carbons (Fsp3) is 0.286. The number of hydrogen-bond donors (Lipinski definition) is 2. The molecule has 206 valence electrons. The average molecular weight is 545 g/mol. The number of rotatable bonds is 5. The number of halogens is 1. The predicted molar refractivity (Wildman–Crippen MR) is 149 cm³/mol. The Morgan fingerprint density at radius 3 is 2.48 bits per heavy atom. The van der Waals surface area contributed by atoms with Gasteiger partial charge in [-0.05, 0) is 24.3 Å². The van der Waals surface area contributed by atoms with E-state index in [9.17, 15) is 14.0 Å². The number of carbonyl (C=O) groups excluding carboxylic acids is 2. The Bertz CT molecular complexity index is 1560. The maximum Gasteiger partial charge on any atom is 0.320 e. The third-order valence-electron chi connectivity index (χ3n) is 7.23. The lowest BCUT2D eigenvalue weighted by Gasteiger charge is -2.39. The highest BCUT2D eigenvalue weighted by Crippen LogP contribution is 2.27. The summed E-state index contributed by atoms with van der Waals surface area (Å²) in [6.45, 7) is 5.12. The molecule has 6 rings (SSSR count). The van der Waals surface area contributed by atoms with Crippen LogP contribution in [0.25, 0.3) is 16.7 Å². The number of anilines is 3. The summed E-state index contributed by atoms with van der Waals surface area (Å²) in [6, 6.07) is 15.0. The number of ether oxygens (including phenoxy) is 1. The van der Waals surface area contributed by atoms with Crippen molar-refractivity contribution in [3.8, 4) is 5.82 Å². The Kier molecular flexibility index (Phi) is 6.91. The highest BCUT2D eigenvalue weighted by atomic mass is 19.1. The second-order valence-electron chi connectivity index (χ2n) is 9.69. The summed E-state index contributed by atoms with van der Waals surface area (Å²) in [4.78, 5) is 39.3. The molecule has 2 aromatic heterocycles. The predicted octanol–water partition coefficient (Wildman–Crippen LogP) is 2.98. The van der Waals surface area contributed by atoms with Crippen molar-refractivity contribution in [1.82, 2.24) is 24.3 Å². The molecule has 3 N–H and O–H groups in total. The smallest absolute Gasteiger partial charge is 0.320 e. The van der Waals surface area contributed by atoms with Crippen LogP contribution < -0.4 is 16.0 Å². The standard InChI is InChI=1S/C28H29FN8O3/c29-23-17-31-27(33-26(23)37-18-22(25(30)38)21-6-1-2-7-24(21)37)32-19-4-3-5-20(16-19)34-8-10-35(11-9-34)28(39)36-12-14-40-15-13-36/h1-7,16-18H,8-15H2,(H2,30,38)(H,31,32,33). The number of amides is 3. The van der Waals surface area contributed by atoms with Crippen LogP contribution in [0.5, 0.6) is 0 Å². The monoisotopic (exact) mass is 544 g/mol. The van der Waals surface area contributed by atoms with E-state index < -0.39 is 11.7 Å². The second-order valence-corrected chi connectivity index (χ2v) is 9.69. The lowest BCUT2D eigenvalue weighted by Crippen LogP contribution is -2.54. The van der Waals surface area contributed by atoms with Gasteiger partial charge in [0, 0.05) is 62.2 Å². The summed E-state index contributed by atoms with van der Waals surface area (Å²) in [6.07, 6.45) is 2.59. The van der Waals surface area contributed by atoms with Gasteiger partial charge in [0.2, 0.25) is 5.95 Å². The van der Waals surface area contributed by atoms with Gasteiger partial charge in [0.1, 0.15) is 0 Å². The first-order valence-corrected chi connectivity index (χ1v) is 13.1. The van der Waals surface area contributed by atoms with Crippen molar-refractivity contribution in [3.63, 3.8) is 0 Å². The molecule has 0 atom stereocenters. The van der Waals surface area contributed by atoms with E-state index in [1.54, 1.807) is 24.3 Å². The lowest BCUT2D eigenvalue weighted by molar-refractivity contribution is 0.0428. The van der Waals surface area contributed by atoms with Crippen LogP contribution in [0, 0.1) is 5.82 Å². The third-order valence-corrected chi connectivity index (χ3v) is 7.23. The first-order valence-electron chi connectivity index (χ1n) is 13.1. The van der Waals surface area contributed by atoms with Crippen LogP contribution in [0.15, 0.2) is 60.9 Å². The molecule has 2 aliphatic heterocycles. The first kappa shape index (κ1) is 25.6. The van der Waals surface area contributed by atoms with Crippen LogP contribution in [-0.2, 0) is 4.74 Å². The van der Waals surface area contributed by atoms with E-state index in [1.807, 2.05) is 34.1 Å². The van der Waals surface area contributed by atoms with Crippen molar-refractivity contribution in [2.24, 2.45) is 5.73 Å². The molecule has 2 saturated heterocycles. The minimum Gasteiger partial charge on any atom is -0.378 e. The quantitative estimate of drug-likeness (QED) is 0.396. The summed E-state index contributed by atoms with van der Waals surface area (Å²) < 4.78 is 21.8. The molecular formula is C28H29FN8O3. The number of benzene rings is 2. The van der Waals surface area contributed by atoms with Crippen LogP contribution in [0.4, 0.5) is 26.5 Å². The number of nitrogens with one attached hydrogen (secondary N) is 1. The zero-order valence-corrected chi connectivity index (χ0v) is 21.8. The molecule has 0 radical (unpaired) electrons. The summed E-state index contributed by atoms with van der Waals surface area (Å²) in [5, 5.41) is 3.78. The van der Waals surface area contributed by atoms with E-state index in [0.717, 1.165) is 17.6 Å². The van der Waals surface area contributed by atoms with Gasteiger partial charge >= 0.3 is 6.03 Å². The number of carbonyl (C=O) groups is 2. The number of para-hydroxylation sites is 1. The van der Waals surface area contributed by atoms with Crippen LogP contribution in [0.1, 0.15) is 10.4 Å². The molecule has 0 unspecified atom stereocenters. The summed E-state index contributed by atoms with van der Waals surface area (Å²) >= 11 is 0. The minimum absolute atomic E-state index is 0.00147. The highest BCUT2D eigenvalue weighted by molar-refractivity contribution is 6.06. The number of aromatic nitrogens is 3. The zero-order valence-electron chi connectivity index (χ0n) is 21.8. The Morgan fingerprint density at radius 2 is 1.70 bits per heavy atom. The van der Waals surface area contributed by atoms with Crippen molar-refractivity contribution in [1.29, 1.82) is 0 Å². The van der Waals surface area contributed by atoms with E-state index in [4.69, 9.17) is 10.5 Å². The van der Waals surface area contributed by atoms with Gasteiger partial charge in [-0.2, -0.15) is 4.98 Å². The summed E-state index contributed by atoms with van der Waals surface area (Å²) in [7, 11) is 0. The minimum atomic E-state index is -0.638. The van der Waals surface area contributed by atoms with Gasteiger partial charge in [-0.15, -0.1) is 0 Å². The van der Waals surface area contributed by atoms with Crippen molar-refractivity contribution in [2.75, 3.05) is 62.7 Å². The average Bonchev–Trinajstić information content (AvgIpc) is 3.38. The molecule has 11 nitrogen and oxygen atoms in total. The Morgan fingerprint density at radius 1 is 0.950 bits per heavy atom. The molecule has 0 saturated carbocycles. The van der Waals surface area contributed by atoms with E-state index in [-0.39, 0.29) is 23.4 Å². The number of nitrogens with two attached hydrogens (primary N) is 1. The molecule has 2 aliphatic rings. The number of fused-ring (bicyclic) bond motifs is 1. The van der Waals surface area contributed by atoms with E-state index >= 15 is 0 Å². The number of urea groups is 1.